The smallest absolute Gasteiger partial charge is 0.243 e. The van der Waals surface area contributed by atoms with Crippen molar-refractivity contribution in [1.82, 2.24) is 81.4 Å². The molecule has 8 aromatic heterocycles. The number of aliphatic hydroxyl groups is 4. The number of aromatic nitrogens is 8. The van der Waals surface area contributed by atoms with Crippen molar-refractivity contribution in [3.8, 4) is 53.3 Å². The van der Waals surface area contributed by atoms with E-state index in [0.717, 1.165) is 98.2 Å². The van der Waals surface area contributed by atoms with Crippen LogP contribution in [0.4, 0.5) is 11.4 Å². The number of amides is 8. The van der Waals surface area contributed by atoms with E-state index in [1.165, 1.54) is 19.6 Å². The number of hydrogen-bond donors (Lipinski definition) is 10. The number of nitrogens with one attached hydrogen (secondary N) is 6. The molecule has 12 atom stereocenters. The van der Waals surface area contributed by atoms with Gasteiger partial charge in [0.25, 0.3) is 0 Å². The van der Waals surface area contributed by atoms with E-state index < -0.39 is 72.3 Å². The second-order valence-electron chi connectivity index (χ2n) is 38.2. The fourth-order valence-corrected chi connectivity index (χ4v) is 22.0. The highest BCUT2D eigenvalue weighted by molar-refractivity contribution is 7.14. The van der Waals surface area contributed by atoms with E-state index >= 15 is 0 Å². The maximum atomic E-state index is 13.5. The van der Waals surface area contributed by atoms with Gasteiger partial charge in [-0.25, -0.2) is 19.9 Å². The minimum absolute atomic E-state index is 0.0646. The van der Waals surface area contributed by atoms with Crippen LogP contribution in [0.25, 0.3) is 41.8 Å². The third kappa shape index (κ3) is 25.7. The van der Waals surface area contributed by atoms with Crippen molar-refractivity contribution >= 4 is 104 Å². The Morgan fingerprint density at radius 1 is 0.347 bits per heavy atom. The average Bonchev–Trinajstić information content (AvgIpc) is 1.65. The van der Waals surface area contributed by atoms with Gasteiger partial charge >= 0.3 is 0 Å². The van der Waals surface area contributed by atoms with E-state index in [2.05, 4.69) is 72.5 Å². The van der Waals surface area contributed by atoms with Crippen molar-refractivity contribution < 1.29 is 86.3 Å². The molecule has 768 valence electrons. The number of thiazole rings is 4. The molecule has 144 heavy (non-hydrogen) atoms. The number of nitrogens with zero attached hydrogens (tertiary/aromatic N) is 12. The zero-order valence-corrected chi connectivity index (χ0v) is 88.0. The summed E-state index contributed by atoms with van der Waals surface area (Å²) in [4.78, 5) is 135. The first-order valence-corrected chi connectivity index (χ1v) is 51.6. The summed E-state index contributed by atoms with van der Waals surface area (Å²) in [6.07, 6.45) is -2.32. The molecule has 12 aromatic rings. The molecule has 0 radical (unpaired) electrons. The molecular formula is C104H130N18O18S4. The number of aliphatic hydroxyl groups excluding tert-OH is 4. The predicted octanol–water partition coefficient (Wildman–Crippen LogP) is 13.8. The molecule has 0 bridgehead atoms. The SMILES string of the molecule is CNc1cc(-c2scnc2C)ccc1CNC(=O)[C@H]1C[C@H](O)CN1C(=O)[C@@H](c1cc(C)no1)C(C)C.CNc1cc(-c2scnc2C)ccc1CNC(=O)[C@H]1C[C@H](O)CN1C(=O)[C@H](c1cc(C)no1)C(C)C.COc1cc(-c2scnc2C)ccc1CNC(=O)[C@H]1C[C@H](O)CN1C(=O)[C@@H](c1cc(C)no1)C(C)C.COc1cc(-c2scnc2C)ccc1CNC(=O)[C@H]1C[C@H](O)CN1C(=O)[C@H](c1cc(C)no1)C(C)C. The van der Waals surface area contributed by atoms with Gasteiger partial charge in [-0.1, -0.05) is 125 Å². The van der Waals surface area contributed by atoms with Crippen LogP contribution in [0.15, 0.2) is 137 Å². The van der Waals surface area contributed by atoms with Gasteiger partial charge in [-0.2, -0.15) is 0 Å². The monoisotopic (exact) mass is 2050 g/mol. The Kier molecular flexibility index (Phi) is 36.6. The summed E-state index contributed by atoms with van der Waals surface area (Å²) in [6, 6.07) is 27.7. The number of rotatable bonds is 32. The summed E-state index contributed by atoms with van der Waals surface area (Å²) in [7, 11) is 6.87. The number of ether oxygens (including phenoxy) is 2. The minimum atomic E-state index is -0.775. The number of benzene rings is 4. The predicted molar refractivity (Wildman–Crippen MR) is 549 cm³/mol. The lowest BCUT2D eigenvalue weighted by molar-refractivity contribution is -0.141. The van der Waals surface area contributed by atoms with E-state index in [1.807, 2.05) is 192 Å². The quantitative estimate of drug-likeness (QED) is 0.0187. The standard InChI is InChI=1S/2C26H33N5O4S.2C26H32N4O5S/c2*1-14(2)23(22-8-15(3)30-35-22)26(34)31-12-19(32)10-21(31)25(33)28-11-18-7-6-17(9-20(18)27-5)24-16(4)29-13-36-24;2*1-14(2)23(22-8-15(3)29-35-22)26(33)30-12-19(31)10-20(30)25(32)27-11-18-7-6-17(9-21(18)34-5)24-16(4)28-13-36-24/h2*6-9,13-14,19,21,23,27,32H,10-12H2,1-5H3,(H,28,33);2*6-9,13-14,19-20,23,31H,10-12H2,1-5H3,(H,27,32)/t19-,21+,23+;19-,21+,23-;19-,20+,23+;19-,20+,23-/m0000/s1. The zero-order chi connectivity index (χ0) is 104. The average molecular weight is 2050 g/mol. The molecular weight excluding hydrogens is 1920 g/mol. The molecule has 8 amide bonds. The molecule has 4 aliphatic rings. The molecule has 4 aromatic carbocycles. The first-order chi connectivity index (χ1) is 68.8. The number of anilines is 2. The normalized spacial score (nSPS) is 18.5. The Balaban J connectivity index is 0.000000161. The van der Waals surface area contributed by atoms with Crippen LogP contribution < -0.4 is 41.4 Å². The Morgan fingerprint density at radius 3 is 0.764 bits per heavy atom. The molecule has 0 saturated carbocycles. The lowest BCUT2D eigenvalue weighted by Crippen LogP contribution is -2.48. The van der Waals surface area contributed by atoms with Crippen LogP contribution in [-0.4, -0.2) is 231 Å². The molecule has 0 spiro atoms. The second kappa shape index (κ2) is 48.6. The summed E-state index contributed by atoms with van der Waals surface area (Å²) < 4.78 is 32.7. The third-order valence-corrected chi connectivity index (χ3v) is 30.1. The molecule has 4 saturated heterocycles. The number of methoxy groups -OCH3 is 2. The van der Waals surface area contributed by atoms with Gasteiger partial charge in [-0.15, -0.1) is 45.3 Å². The second-order valence-corrected chi connectivity index (χ2v) is 41.6. The Morgan fingerprint density at radius 2 is 0.569 bits per heavy atom. The van der Waals surface area contributed by atoms with Crippen molar-refractivity contribution in [2.24, 2.45) is 23.7 Å². The molecule has 4 aliphatic heterocycles. The van der Waals surface area contributed by atoms with Crippen LogP contribution in [0, 0.1) is 79.1 Å². The largest absolute Gasteiger partial charge is 0.496 e. The van der Waals surface area contributed by atoms with Gasteiger partial charge in [-0.3, -0.25) is 38.4 Å². The highest BCUT2D eigenvalue weighted by Crippen LogP contribution is 2.41. The fourth-order valence-electron chi connectivity index (χ4n) is 18.8. The molecule has 40 heteroatoms. The number of hydrogen-bond acceptors (Lipinski definition) is 32. The van der Waals surface area contributed by atoms with Gasteiger partial charge in [0.2, 0.25) is 47.3 Å². The van der Waals surface area contributed by atoms with Crippen LogP contribution >= 0.6 is 45.3 Å². The molecule has 10 N–H and O–H groups in total. The molecule has 0 unspecified atom stereocenters. The minimum Gasteiger partial charge on any atom is -0.496 e. The Hall–Kier alpha value is -13.0. The van der Waals surface area contributed by atoms with E-state index in [4.69, 9.17) is 27.6 Å². The maximum Gasteiger partial charge on any atom is 0.243 e. The molecule has 36 nitrogen and oxygen atoms in total. The van der Waals surface area contributed by atoms with Gasteiger partial charge in [-0.05, 0) is 137 Å². The van der Waals surface area contributed by atoms with Crippen molar-refractivity contribution in [2.75, 3.05) is 65.1 Å². The van der Waals surface area contributed by atoms with Crippen molar-refractivity contribution in [3.63, 3.8) is 0 Å². The van der Waals surface area contributed by atoms with Crippen LogP contribution in [0.2, 0.25) is 0 Å². The first-order valence-electron chi connectivity index (χ1n) is 48.1. The van der Waals surface area contributed by atoms with Crippen LogP contribution in [0.1, 0.15) is 196 Å². The number of β-amino-alcohol motifs (C(OH)–C–C–N with tert-alkyl or cyclic N) is 4. The van der Waals surface area contributed by atoms with Gasteiger partial charge in [0.05, 0.1) is 126 Å². The van der Waals surface area contributed by atoms with Crippen LogP contribution in [0.3, 0.4) is 0 Å². The maximum absolute atomic E-state index is 13.5. The Labute approximate surface area is 853 Å². The molecule has 0 aliphatic carbocycles. The van der Waals surface area contributed by atoms with Gasteiger partial charge in [0.1, 0.15) is 82.4 Å². The first kappa shape index (κ1) is 108. The molecule has 12 heterocycles. The lowest BCUT2D eigenvalue weighted by Gasteiger charge is -2.28. The number of carbonyl (C=O) groups excluding carboxylic acids is 8. The number of carbonyl (C=O) groups is 8. The lowest BCUT2D eigenvalue weighted by atomic mass is 9.91. The van der Waals surface area contributed by atoms with Crippen LogP contribution in [-0.2, 0) is 64.5 Å². The summed E-state index contributed by atoms with van der Waals surface area (Å²) in [6.45, 7) is 31.9. The van der Waals surface area contributed by atoms with Crippen molar-refractivity contribution in [3.05, 3.63) is 210 Å². The number of aryl methyl sites for hydroxylation is 8. The van der Waals surface area contributed by atoms with Crippen molar-refractivity contribution in [1.29, 1.82) is 0 Å². The summed E-state index contributed by atoms with van der Waals surface area (Å²) in [5.74, 6) is -1.61. The highest BCUT2D eigenvalue weighted by atomic mass is 32.1. The third-order valence-electron chi connectivity index (χ3n) is 26.2. The molecule has 16 rings (SSSR count). The number of likely N-dealkylation sites (tertiary alicyclic amines) is 4. The zero-order valence-electron chi connectivity index (χ0n) is 84.8. The topological polar surface area (TPSA) is 477 Å². The van der Waals surface area contributed by atoms with Crippen molar-refractivity contribution in [2.45, 2.75) is 235 Å². The molecule has 4 fully saturated rings. The fraction of sp³-hybridized carbons (Fsp3) is 0.462. The van der Waals surface area contributed by atoms with E-state index in [1.54, 1.807) is 112 Å². The van der Waals surface area contributed by atoms with Gasteiger partial charge in [0.15, 0.2) is 0 Å². The van der Waals surface area contributed by atoms with E-state index in [0.29, 0.717) is 70.4 Å². The Bertz CT molecular complexity index is 5710. The summed E-state index contributed by atoms with van der Waals surface area (Å²) in [5, 5.41) is 75.3. The van der Waals surface area contributed by atoms with Gasteiger partial charge < -0.3 is 99.5 Å². The summed E-state index contributed by atoms with van der Waals surface area (Å²) >= 11 is 6.30. The highest BCUT2D eigenvalue weighted by Gasteiger charge is 2.48. The van der Waals surface area contributed by atoms with E-state index in [9.17, 15) is 58.8 Å². The van der Waals surface area contributed by atoms with E-state index in [-0.39, 0.29) is 136 Å². The van der Waals surface area contributed by atoms with Gasteiger partial charge in [0, 0.05) is 139 Å². The van der Waals surface area contributed by atoms with Crippen LogP contribution in [0.5, 0.6) is 11.5 Å². The summed E-state index contributed by atoms with van der Waals surface area (Å²) in [5.41, 5.74) is 23.3.